The minimum Gasteiger partial charge on any atom is -0.459 e. The first kappa shape index (κ1) is 17.4. The van der Waals surface area contributed by atoms with Crippen LogP contribution in [-0.4, -0.2) is 0 Å². The van der Waals surface area contributed by atoms with Crippen molar-refractivity contribution in [1.82, 2.24) is 0 Å². The number of alkyl halides is 3. The Hall–Kier alpha value is -2.47. The molecule has 3 rings (SSSR count). The van der Waals surface area contributed by atoms with Gasteiger partial charge in [0.05, 0.1) is 17.1 Å². The maximum Gasteiger partial charge on any atom is 0.416 e. The maximum atomic E-state index is 13.1. The summed E-state index contributed by atoms with van der Waals surface area (Å²) < 4.78 is 57.0. The highest BCUT2D eigenvalue weighted by Gasteiger charge is 2.30. The van der Waals surface area contributed by atoms with Crippen LogP contribution in [0.2, 0.25) is 5.02 Å². The highest BCUT2D eigenvalue weighted by atomic mass is 35.5. The molecular weight excluding hydrogens is 358 g/mol. The average molecular weight is 370 g/mol. The lowest BCUT2D eigenvalue weighted by Crippen LogP contribution is -2.04. The number of hydrogen-bond donors (Lipinski definition) is 1. The zero-order chi connectivity index (χ0) is 18.0. The van der Waals surface area contributed by atoms with E-state index in [0.29, 0.717) is 22.8 Å². The van der Waals surface area contributed by atoms with E-state index in [1.807, 2.05) is 0 Å². The van der Waals surface area contributed by atoms with Gasteiger partial charge in [-0.25, -0.2) is 4.39 Å². The molecule has 130 valence electrons. The van der Waals surface area contributed by atoms with E-state index in [9.17, 15) is 17.6 Å². The molecule has 0 saturated carbocycles. The molecule has 0 saturated heterocycles. The van der Waals surface area contributed by atoms with Crippen molar-refractivity contribution >= 4 is 17.3 Å². The zero-order valence-electron chi connectivity index (χ0n) is 12.7. The monoisotopic (exact) mass is 369 g/mol. The largest absolute Gasteiger partial charge is 0.459 e. The van der Waals surface area contributed by atoms with Gasteiger partial charge in [0.1, 0.15) is 17.3 Å². The van der Waals surface area contributed by atoms with Crippen molar-refractivity contribution < 1.29 is 22.0 Å². The molecule has 2 nitrogen and oxygen atoms in total. The van der Waals surface area contributed by atoms with Crippen LogP contribution in [0.5, 0.6) is 0 Å². The van der Waals surface area contributed by atoms with Gasteiger partial charge < -0.3 is 9.73 Å². The molecule has 0 atom stereocenters. The Morgan fingerprint density at radius 1 is 1.00 bits per heavy atom. The second kappa shape index (κ2) is 6.80. The Morgan fingerprint density at radius 3 is 2.52 bits per heavy atom. The first-order valence-corrected chi connectivity index (χ1v) is 7.66. The molecule has 1 heterocycles. The molecule has 0 radical (unpaired) electrons. The summed E-state index contributed by atoms with van der Waals surface area (Å²) in [4.78, 5) is 0. The Labute approximate surface area is 146 Å². The fourth-order valence-electron chi connectivity index (χ4n) is 2.27. The van der Waals surface area contributed by atoms with Crippen molar-refractivity contribution in [2.75, 3.05) is 5.32 Å². The summed E-state index contributed by atoms with van der Waals surface area (Å²) in [5.74, 6) is 0.338. The lowest BCUT2D eigenvalue weighted by atomic mass is 10.1. The van der Waals surface area contributed by atoms with E-state index in [0.717, 1.165) is 12.1 Å². The summed E-state index contributed by atoms with van der Waals surface area (Å²) in [6.07, 6.45) is -4.41. The van der Waals surface area contributed by atoms with Crippen LogP contribution in [0, 0.1) is 5.82 Å². The van der Waals surface area contributed by atoms with Crippen LogP contribution in [0.25, 0.3) is 11.3 Å². The van der Waals surface area contributed by atoms with Gasteiger partial charge in [0.2, 0.25) is 0 Å². The number of benzene rings is 2. The Kier molecular flexibility index (Phi) is 4.72. The van der Waals surface area contributed by atoms with Crippen molar-refractivity contribution in [2.24, 2.45) is 0 Å². The molecule has 1 N–H and O–H groups in total. The molecule has 0 aliphatic carbocycles. The van der Waals surface area contributed by atoms with E-state index in [4.69, 9.17) is 16.0 Å². The summed E-state index contributed by atoms with van der Waals surface area (Å²) in [6.45, 7) is 0.279. The van der Waals surface area contributed by atoms with Gasteiger partial charge in [0.15, 0.2) is 0 Å². The first-order chi connectivity index (χ1) is 11.8. The van der Waals surface area contributed by atoms with E-state index in [2.05, 4.69) is 5.32 Å². The molecular formula is C18H12ClF4NO. The molecule has 0 bridgehead atoms. The fraction of sp³-hybridized carbons (Fsp3) is 0.111. The van der Waals surface area contributed by atoms with Gasteiger partial charge in [0.25, 0.3) is 0 Å². The molecule has 7 heteroatoms. The van der Waals surface area contributed by atoms with Gasteiger partial charge >= 0.3 is 6.18 Å². The molecule has 0 aliphatic rings. The topological polar surface area (TPSA) is 25.2 Å². The van der Waals surface area contributed by atoms with Crippen molar-refractivity contribution in [3.63, 3.8) is 0 Å². The molecule has 0 amide bonds. The summed E-state index contributed by atoms with van der Waals surface area (Å²) in [5, 5.41) is 3.00. The average Bonchev–Trinajstić information content (AvgIpc) is 3.04. The minimum atomic E-state index is -4.41. The predicted molar refractivity (Wildman–Crippen MR) is 87.9 cm³/mol. The Balaban J connectivity index is 1.73. The molecule has 2 aromatic carbocycles. The van der Waals surface area contributed by atoms with Gasteiger partial charge in [-0.15, -0.1) is 0 Å². The summed E-state index contributed by atoms with van der Waals surface area (Å²) in [6, 6.07) is 12.4. The third kappa shape index (κ3) is 4.14. The molecule has 0 spiro atoms. The molecule has 25 heavy (non-hydrogen) atoms. The SMILES string of the molecule is Fc1ccc(NCc2ccc(-c3cccc(C(F)(F)F)c3)o2)cc1Cl. The Bertz CT molecular complexity index is 889. The molecule has 3 aromatic rings. The van der Waals surface area contributed by atoms with Crippen LogP contribution < -0.4 is 5.32 Å². The summed E-state index contributed by atoms with van der Waals surface area (Å²) in [5.41, 5.74) is 0.205. The predicted octanol–water partition coefficient (Wildman–Crippen LogP) is 6.37. The second-order valence-corrected chi connectivity index (χ2v) is 5.73. The molecule has 1 aromatic heterocycles. The number of anilines is 1. The van der Waals surface area contributed by atoms with Crippen LogP contribution >= 0.6 is 11.6 Å². The van der Waals surface area contributed by atoms with Gasteiger partial charge in [-0.3, -0.25) is 0 Å². The number of rotatable bonds is 4. The van der Waals surface area contributed by atoms with Gasteiger partial charge in [0, 0.05) is 11.3 Å². The normalized spacial score (nSPS) is 11.6. The maximum absolute atomic E-state index is 13.1. The highest BCUT2D eigenvalue weighted by molar-refractivity contribution is 6.31. The molecule has 0 unspecified atom stereocenters. The quantitative estimate of drug-likeness (QED) is 0.540. The van der Waals surface area contributed by atoms with Crippen LogP contribution in [0.15, 0.2) is 59.0 Å². The van der Waals surface area contributed by atoms with Gasteiger partial charge in [-0.2, -0.15) is 13.2 Å². The minimum absolute atomic E-state index is 0.00546. The van der Waals surface area contributed by atoms with E-state index in [-0.39, 0.29) is 11.6 Å². The van der Waals surface area contributed by atoms with Crippen molar-refractivity contribution in [1.29, 1.82) is 0 Å². The lowest BCUT2D eigenvalue weighted by Gasteiger charge is -2.07. The third-order valence-electron chi connectivity index (χ3n) is 3.52. The third-order valence-corrected chi connectivity index (χ3v) is 3.81. The van der Waals surface area contributed by atoms with Gasteiger partial charge in [-0.1, -0.05) is 23.7 Å². The smallest absolute Gasteiger partial charge is 0.416 e. The summed E-state index contributed by atoms with van der Waals surface area (Å²) >= 11 is 5.70. The van der Waals surface area contributed by atoms with E-state index >= 15 is 0 Å². The molecule has 0 fully saturated rings. The zero-order valence-corrected chi connectivity index (χ0v) is 13.5. The van der Waals surface area contributed by atoms with Crippen molar-refractivity contribution in [3.8, 4) is 11.3 Å². The summed E-state index contributed by atoms with van der Waals surface area (Å²) in [7, 11) is 0. The fourth-order valence-corrected chi connectivity index (χ4v) is 2.45. The van der Waals surface area contributed by atoms with Gasteiger partial charge in [-0.05, 0) is 42.5 Å². The first-order valence-electron chi connectivity index (χ1n) is 7.28. The van der Waals surface area contributed by atoms with Crippen LogP contribution in [-0.2, 0) is 12.7 Å². The van der Waals surface area contributed by atoms with Crippen molar-refractivity contribution in [2.45, 2.75) is 12.7 Å². The second-order valence-electron chi connectivity index (χ2n) is 5.33. The molecule has 0 aliphatic heterocycles. The standard InChI is InChI=1S/C18H12ClF4NO/c19-15-9-13(4-6-16(15)20)24-10-14-5-7-17(25-14)11-2-1-3-12(8-11)18(21,22)23/h1-9,24H,10H2. The van der Waals surface area contributed by atoms with Crippen LogP contribution in [0.1, 0.15) is 11.3 Å². The number of halogens is 5. The lowest BCUT2D eigenvalue weighted by molar-refractivity contribution is -0.137. The van der Waals surface area contributed by atoms with E-state index < -0.39 is 17.6 Å². The van der Waals surface area contributed by atoms with Crippen LogP contribution in [0.3, 0.4) is 0 Å². The van der Waals surface area contributed by atoms with E-state index in [1.54, 1.807) is 18.2 Å². The van der Waals surface area contributed by atoms with E-state index in [1.165, 1.54) is 24.3 Å². The highest BCUT2D eigenvalue weighted by Crippen LogP contribution is 2.32. The Morgan fingerprint density at radius 2 is 1.80 bits per heavy atom. The number of nitrogens with one attached hydrogen (secondary N) is 1. The number of hydrogen-bond acceptors (Lipinski definition) is 2. The van der Waals surface area contributed by atoms with Crippen molar-refractivity contribution in [3.05, 3.63) is 76.8 Å². The number of furan rings is 1. The van der Waals surface area contributed by atoms with Crippen LogP contribution in [0.4, 0.5) is 23.2 Å².